The third-order valence-corrected chi connectivity index (χ3v) is 4.58. The third-order valence-electron chi connectivity index (χ3n) is 3.73. The number of carbonyl (C=O) groups excluding carboxylic acids is 1. The van der Waals surface area contributed by atoms with Gasteiger partial charge in [0.2, 0.25) is 5.78 Å². The first-order valence-electron chi connectivity index (χ1n) is 6.56. The van der Waals surface area contributed by atoms with Gasteiger partial charge in [0.1, 0.15) is 0 Å². The molecule has 1 aliphatic rings. The molecule has 8 heteroatoms. The average molecular weight is 328 g/mol. The highest BCUT2D eigenvalue weighted by Gasteiger charge is 2.30. The minimum atomic E-state index is -4.44. The number of aromatic nitrogens is 2. The van der Waals surface area contributed by atoms with Crippen LogP contribution in [0, 0.1) is 0 Å². The Bertz CT molecular complexity index is 1180. The first-order chi connectivity index (χ1) is 10.9. The number of ketones is 1. The molecule has 0 radical (unpaired) electrons. The van der Waals surface area contributed by atoms with Gasteiger partial charge in [0, 0.05) is 0 Å². The van der Waals surface area contributed by atoms with Crippen molar-refractivity contribution in [2.75, 3.05) is 0 Å². The zero-order chi connectivity index (χ0) is 16.4. The van der Waals surface area contributed by atoms with E-state index in [9.17, 15) is 18.0 Å². The van der Waals surface area contributed by atoms with Crippen molar-refractivity contribution in [3.63, 3.8) is 0 Å². The molecule has 3 aromatic rings. The lowest BCUT2D eigenvalue weighted by atomic mass is 10.1. The van der Waals surface area contributed by atoms with Gasteiger partial charge in [0.25, 0.3) is 15.7 Å². The monoisotopic (exact) mass is 328 g/mol. The number of carbonyl (C=O) groups is 1. The Morgan fingerprint density at radius 3 is 2.52 bits per heavy atom. The molecule has 1 aliphatic heterocycles. The standard InChI is InChI=1S/C15H8N2O5S/c18-13-9-3-1-2-4-12(9)17-14(13)16-11-6-5-8(23(20,21)22)7-10(11)15(17)19/h1-7H,(H,20,21,22). The topological polar surface area (TPSA) is 106 Å². The molecule has 0 spiro atoms. The summed E-state index contributed by atoms with van der Waals surface area (Å²) in [6, 6.07) is 10.1. The van der Waals surface area contributed by atoms with Gasteiger partial charge in [0.15, 0.2) is 5.82 Å². The average Bonchev–Trinajstić information content (AvgIpc) is 2.80. The predicted molar refractivity (Wildman–Crippen MR) is 80.6 cm³/mol. The minimum Gasteiger partial charge on any atom is -0.285 e. The third kappa shape index (κ3) is 1.85. The Balaban J connectivity index is 2.15. The predicted octanol–water partition coefficient (Wildman–Crippen LogP) is 1.18. The van der Waals surface area contributed by atoms with Crippen molar-refractivity contribution < 1.29 is 17.8 Å². The molecule has 0 aliphatic carbocycles. The fourth-order valence-electron chi connectivity index (χ4n) is 2.68. The van der Waals surface area contributed by atoms with E-state index in [2.05, 4.69) is 4.98 Å². The van der Waals surface area contributed by atoms with Crippen molar-refractivity contribution in [2.45, 2.75) is 4.90 Å². The van der Waals surface area contributed by atoms with Crippen LogP contribution in [0.4, 0.5) is 0 Å². The fraction of sp³-hybridized carbons (Fsp3) is 0. The Kier molecular flexibility index (Phi) is 2.60. The summed E-state index contributed by atoms with van der Waals surface area (Å²) < 4.78 is 32.8. The lowest BCUT2D eigenvalue weighted by Gasteiger charge is -2.06. The van der Waals surface area contributed by atoms with E-state index in [-0.39, 0.29) is 22.5 Å². The van der Waals surface area contributed by atoms with E-state index in [1.807, 2.05) is 0 Å². The van der Waals surface area contributed by atoms with Crippen LogP contribution < -0.4 is 5.56 Å². The molecule has 2 heterocycles. The Hall–Kier alpha value is -2.84. The van der Waals surface area contributed by atoms with Crippen LogP contribution in [-0.4, -0.2) is 28.3 Å². The first kappa shape index (κ1) is 13.8. The molecule has 7 nitrogen and oxygen atoms in total. The van der Waals surface area contributed by atoms with E-state index < -0.39 is 20.6 Å². The first-order valence-corrected chi connectivity index (χ1v) is 8.00. The molecule has 0 fully saturated rings. The van der Waals surface area contributed by atoms with Crippen LogP contribution in [0.25, 0.3) is 16.6 Å². The Labute approximate surface area is 129 Å². The number of para-hydroxylation sites is 1. The zero-order valence-corrected chi connectivity index (χ0v) is 12.2. The van der Waals surface area contributed by atoms with Crippen LogP contribution in [0.3, 0.4) is 0 Å². The summed E-state index contributed by atoms with van der Waals surface area (Å²) in [5.41, 5.74) is 0.398. The summed E-state index contributed by atoms with van der Waals surface area (Å²) in [6.45, 7) is 0. The van der Waals surface area contributed by atoms with Crippen molar-refractivity contribution >= 4 is 26.8 Å². The van der Waals surface area contributed by atoms with Crippen molar-refractivity contribution in [3.8, 4) is 5.69 Å². The molecule has 2 aromatic carbocycles. The van der Waals surface area contributed by atoms with Gasteiger partial charge in [-0.15, -0.1) is 0 Å². The zero-order valence-electron chi connectivity index (χ0n) is 11.4. The lowest BCUT2D eigenvalue weighted by Crippen LogP contribution is -2.21. The number of nitrogens with zero attached hydrogens (tertiary/aromatic N) is 2. The maximum atomic E-state index is 12.7. The number of hydrogen-bond donors (Lipinski definition) is 1. The van der Waals surface area contributed by atoms with Gasteiger partial charge >= 0.3 is 0 Å². The quantitative estimate of drug-likeness (QED) is 0.526. The van der Waals surface area contributed by atoms with E-state index in [1.165, 1.54) is 6.07 Å². The molecule has 23 heavy (non-hydrogen) atoms. The Morgan fingerprint density at radius 2 is 1.78 bits per heavy atom. The van der Waals surface area contributed by atoms with Crippen molar-refractivity contribution in [1.82, 2.24) is 9.55 Å². The van der Waals surface area contributed by atoms with Gasteiger partial charge in [-0.1, -0.05) is 12.1 Å². The van der Waals surface area contributed by atoms with Crippen molar-refractivity contribution in [3.05, 3.63) is 64.2 Å². The molecular weight excluding hydrogens is 320 g/mol. The summed E-state index contributed by atoms with van der Waals surface area (Å²) in [6.07, 6.45) is 0. The van der Waals surface area contributed by atoms with E-state index >= 15 is 0 Å². The van der Waals surface area contributed by atoms with Crippen LogP contribution in [-0.2, 0) is 10.1 Å². The highest BCUT2D eigenvalue weighted by molar-refractivity contribution is 7.85. The molecular formula is C15H8N2O5S. The Morgan fingerprint density at radius 1 is 1.04 bits per heavy atom. The maximum absolute atomic E-state index is 12.7. The number of fused-ring (bicyclic) bond motifs is 4. The minimum absolute atomic E-state index is 0.00776. The van der Waals surface area contributed by atoms with E-state index in [4.69, 9.17) is 4.55 Å². The van der Waals surface area contributed by atoms with Gasteiger partial charge in [-0.2, -0.15) is 8.42 Å². The van der Waals surface area contributed by atoms with Crippen LogP contribution in [0.15, 0.2) is 52.2 Å². The second kappa shape index (κ2) is 4.34. The molecule has 0 bridgehead atoms. The number of benzene rings is 2. The number of hydrogen-bond acceptors (Lipinski definition) is 5. The SMILES string of the molecule is O=C1c2ccccc2-n2c1nc1ccc(S(=O)(=O)O)cc1c2=O. The molecule has 1 aromatic heterocycles. The second-order valence-electron chi connectivity index (χ2n) is 5.08. The normalized spacial score (nSPS) is 13.2. The summed E-state index contributed by atoms with van der Waals surface area (Å²) in [4.78, 5) is 28.8. The van der Waals surface area contributed by atoms with Crippen LogP contribution >= 0.6 is 0 Å². The molecule has 0 atom stereocenters. The van der Waals surface area contributed by atoms with Gasteiger partial charge in [-0.05, 0) is 30.3 Å². The van der Waals surface area contributed by atoms with Crippen molar-refractivity contribution in [2.24, 2.45) is 0 Å². The van der Waals surface area contributed by atoms with Gasteiger partial charge in [-0.25, -0.2) is 4.98 Å². The largest absolute Gasteiger partial charge is 0.294 e. The van der Waals surface area contributed by atoms with E-state index in [1.54, 1.807) is 24.3 Å². The van der Waals surface area contributed by atoms with E-state index in [0.29, 0.717) is 11.3 Å². The van der Waals surface area contributed by atoms with Gasteiger partial charge in [-0.3, -0.25) is 18.7 Å². The van der Waals surface area contributed by atoms with Crippen LogP contribution in [0.1, 0.15) is 16.2 Å². The van der Waals surface area contributed by atoms with E-state index in [0.717, 1.165) is 16.7 Å². The smallest absolute Gasteiger partial charge is 0.285 e. The highest BCUT2D eigenvalue weighted by Crippen LogP contribution is 2.26. The summed E-state index contributed by atoms with van der Waals surface area (Å²) >= 11 is 0. The molecule has 1 N–H and O–H groups in total. The number of rotatable bonds is 1. The summed E-state index contributed by atoms with van der Waals surface area (Å²) in [5.74, 6) is -0.373. The van der Waals surface area contributed by atoms with Crippen molar-refractivity contribution in [1.29, 1.82) is 0 Å². The molecule has 0 saturated heterocycles. The molecule has 0 amide bonds. The highest BCUT2D eigenvalue weighted by atomic mass is 32.2. The second-order valence-corrected chi connectivity index (χ2v) is 6.50. The van der Waals surface area contributed by atoms with Gasteiger partial charge < -0.3 is 0 Å². The summed E-state index contributed by atoms with van der Waals surface area (Å²) in [5, 5.41) is 0.00776. The lowest BCUT2D eigenvalue weighted by molar-refractivity contribution is 0.103. The van der Waals surface area contributed by atoms with Crippen LogP contribution in [0.5, 0.6) is 0 Å². The molecule has 114 valence electrons. The maximum Gasteiger partial charge on any atom is 0.294 e. The molecule has 4 rings (SSSR count). The summed E-state index contributed by atoms with van der Waals surface area (Å²) in [7, 11) is -4.44. The van der Waals surface area contributed by atoms with Gasteiger partial charge in [0.05, 0.1) is 27.0 Å². The van der Waals surface area contributed by atoms with Crippen LogP contribution in [0.2, 0.25) is 0 Å². The fourth-order valence-corrected chi connectivity index (χ4v) is 3.19. The molecule has 0 saturated carbocycles. The molecule has 0 unspecified atom stereocenters.